The lowest BCUT2D eigenvalue weighted by molar-refractivity contribution is 0.669. The second kappa shape index (κ2) is 11.1. The molecule has 1 aromatic heterocycles. The van der Waals surface area contributed by atoms with Gasteiger partial charge in [-0.15, -0.1) is 0 Å². The third-order valence-electron chi connectivity index (χ3n) is 10.1. The van der Waals surface area contributed by atoms with Gasteiger partial charge in [-0.3, -0.25) is 0 Å². The Labute approximate surface area is 284 Å². The summed E-state index contributed by atoms with van der Waals surface area (Å²) in [6, 6.07) is 65.7. The van der Waals surface area contributed by atoms with Gasteiger partial charge in [0.1, 0.15) is 11.2 Å². The highest BCUT2D eigenvalue weighted by molar-refractivity contribution is 6.24. The van der Waals surface area contributed by atoms with Gasteiger partial charge in [0, 0.05) is 10.8 Å². The number of rotatable bonds is 4. The van der Waals surface area contributed by atoms with Crippen LogP contribution < -0.4 is 0 Å². The van der Waals surface area contributed by atoms with E-state index in [2.05, 4.69) is 182 Å². The number of benzene rings is 9. The summed E-state index contributed by atoms with van der Waals surface area (Å²) >= 11 is 0. The summed E-state index contributed by atoms with van der Waals surface area (Å²) in [5.74, 6) is 0. The minimum Gasteiger partial charge on any atom is -0.456 e. The zero-order chi connectivity index (χ0) is 32.3. The van der Waals surface area contributed by atoms with E-state index in [1.807, 2.05) is 0 Å². The molecule has 1 heterocycles. The molecule has 49 heavy (non-hydrogen) atoms. The predicted molar refractivity (Wildman–Crippen MR) is 208 cm³/mol. The quantitative estimate of drug-likeness (QED) is 0.178. The topological polar surface area (TPSA) is 13.1 Å². The lowest BCUT2D eigenvalue weighted by Crippen LogP contribution is -1.92. The van der Waals surface area contributed by atoms with E-state index in [1.165, 1.54) is 76.6 Å². The minimum atomic E-state index is 0.908. The van der Waals surface area contributed by atoms with E-state index < -0.39 is 0 Å². The van der Waals surface area contributed by atoms with Crippen molar-refractivity contribution in [2.45, 2.75) is 0 Å². The summed E-state index contributed by atoms with van der Waals surface area (Å²) in [7, 11) is 0. The molecule has 9 aromatic carbocycles. The van der Waals surface area contributed by atoms with E-state index in [-0.39, 0.29) is 0 Å². The van der Waals surface area contributed by atoms with Gasteiger partial charge in [-0.2, -0.15) is 0 Å². The number of hydrogen-bond donors (Lipinski definition) is 0. The molecule has 1 heteroatoms. The molecule has 0 unspecified atom stereocenters. The normalized spacial score (nSPS) is 11.7. The molecule has 0 amide bonds. The fourth-order valence-electron chi connectivity index (χ4n) is 7.86. The summed E-state index contributed by atoms with van der Waals surface area (Å²) in [4.78, 5) is 0. The van der Waals surface area contributed by atoms with Gasteiger partial charge in [0.25, 0.3) is 0 Å². The monoisotopic (exact) mass is 622 g/mol. The van der Waals surface area contributed by atoms with Crippen molar-refractivity contribution in [1.29, 1.82) is 0 Å². The molecule has 0 atom stereocenters. The van der Waals surface area contributed by atoms with E-state index in [0.717, 1.165) is 22.1 Å². The van der Waals surface area contributed by atoms with Gasteiger partial charge in [0.15, 0.2) is 0 Å². The minimum absolute atomic E-state index is 0.908. The third kappa shape index (κ3) is 4.40. The molecule has 0 saturated carbocycles. The van der Waals surface area contributed by atoms with Gasteiger partial charge in [-0.05, 0) is 95.0 Å². The van der Waals surface area contributed by atoms with Crippen LogP contribution in [0, 0.1) is 0 Å². The second-order valence-electron chi connectivity index (χ2n) is 12.8. The fourth-order valence-corrected chi connectivity index (χ4v) is 7.86. The zero-order valence-corrected chi connectivity index (χ0v) is 26.7. The molecule has 0 N–H and O–H groups in total. The Morgan fingerprint density at radius 2 is 0.816 bits per heavy atom. The van der Waals surface area contributed by atoms with Crippen molar-refractivity contribution in [2.75, 3.05) is 0 Å². The van der Waals surface area contributed by atoms with E-state index in [0.29, 0.717) is 0 Å². The van der Waals surface area contributed by atoms with E-state index in [9.17, 15) is 0 Å². The number of hydrogen-bond acceptors (Lipinski definition) is 1. The van der Waals surface area contributed by atoms with Crippen LogP contribution in [-0.2, 0) is 0 Å². The van der Waals surface area contributed by atoms with Crippen molar-refractivity contribution < 1.29 is 4.42 Å². The number of fused-ring (bicyclic) bond motifs is 7. The van der Waals surface area contributed by atoms with Crippen LogP contribution in [0.3, 0.4) is 0 Å². The average Bonchev–Trinajstić information content (AvgIpc) is 3.56. The van der Waals surface area contributed by atoms with Crippen molar-refractivity contribution in [2.24, 2.45) is 0 Å². The second-order valence-corrected chi connectivity index (χ2v) is 12.8. The van der Waals surface area contributed by atoms with Crippen LogP contribution in [0.4, 0.5) is 0 Å². The van der Waals surface area contributed by atoms with Gasteiger partial charge >= 0.3 is 0 Å². The highest BCUT2D eigenvalue weighted by atomic mass is 16.3. The van der Waals surface area contributed by atoms with Crippen molar-refractivity contribution in [3.8, 4) is 44.5 Å². The standard InChI is InChI=1S/C48H30O/c1-2-12-31(13-3-1)32-22-24-34(25-23-32)36-15-6-7-17-38(36)47-41-20-10-8-18-39(41)46(40-19-9-11-21-42(40)47)35-26-28-43-45(30-35)49-44-29-27-33-14-4-5-16-37(33)48(43)44/h1-30H. The van der Waals surface area contributed by atoms with E-state index >= 15 is 0 Å². The first kappa shape index (κ1) is 27.7. The lowest BCUT2D eigenvalue weighted by Gasteiger charge is -2.19. The summed E-state index contributed by atoms with van der Waals surface area (Å²) in [5, 5.41) is 9.70. The maximum Gasteiger partial charge on any atom is 0.136 e. The van der Waals surface area contributed by atoms with Gasteiger partial charge in [-0.25, -0.2) is 0 Å². The van der Waals surface area contributed by atoms with Crippen LogP contribution >= 0.6 is 0 Å². The van der Waals surface area contributed by atoms with E-state index in [1.54, 1.807) is 0 Å². The largest absolute Gasteiger partial charge is 0.456 e. The third-order valence-corrected chi connectivity index (χ3v) is 10.1. The lowest BCUT2D eigenvalue weighted by atomic mass is 9.83. The van der Waals surface area contributed by atoms with Gasteiger partial charge in [0.05, 0.1) is 0 Å². The molecule has 1 nitrogen and oxygen atoms in total. The summed E-state index contributed by atoms with van der Waals surface area (Å²) in [6.45, 7) is 0. The van der Waals surface area contributed by atoms with E-state index in [4.69, 9.17) is 4.42 Å². The molecule has 0 aliphatic heterocycles. The Kier molecular flexibility index (Phi) is 6.25. The van der Waals surface area contributed by atoms with Crippen molar-refractivity contribution in [3.05, 3.63) is 182 Å². The molecule has 0 bridgehead atoms. The molecular weight excluding hydrogens is 593 g/mol. The molecule has 228 valence electrons. The number of furan rings is 1. The predicted octanol–water partition coefficient (Wildman–Crippen LogP) is 13.7. The first-order chi connectivity index (χ1) is 24.3. The van der Waals surface area contributed by atoms with Gasteiger partial charge in [-0.1, -0.05) is 164 Å². The fraction of sp³-hybridized carbons (Fsp3) is 0. The smallest absolute Gasteiger partial charge is 0.136 e. The molecule has 0 aliphatic carbocycles. The maximum atomic E-state index is 6.54. The first-order valence-electron chi connectivity index (χ1n) is 16.8. The molecule has 10 aromatic rings. The first-order valence-corrected chi connectivity index (χ1v) is 16.8. The van der Waals surface area contributed by atoms with Crippen LogP contribution in [-0.4, -0.2) is 0 Å². The maximum absolute atomic E-state index is 6.54. The highest BCUT2D eigenvalue weighted by Gasteiger charge is 2.20. The van der Waals surface area contributed by atoms with Crippen molar-refractivity contribution in [1.82, 2.24) is 0 Å². The van der Waals surface area contributed by atoms with Crippen LogP contribution in [0.15, 0.2) is 186 Å². The van der Waals surface area contributed by atoms with Crippen molar-refractivity contribution in [3.63, 3.8) is 0 Å². The molecule has 0 radical (unpaired) electrons. The molecule has 0 aliphatic rings. The molecular formula is C48H30O. The zero-order valence-electron chi connectivity index (χ0n) is 26.7. The summed E-state index contributed by atoms with van der Waals surface area (Å²) < 4.78 is 6.54. The van der Waals surface area contributed by atoms with Gasteiger partial charge in [0.2, 0.25) is 0 Å². The molecule has 0 spiro atoms. The Balaban J connectivity index is 1.19. The summed E-state index contributed by atoms with van der Waals surface area (Å²) in [6.07, 6.45) is 0. The van der Waals surface area contributed by atoms with Crippen LogP contribution in [0.5, 0.6) is 0 Å². The summed E-state index contributed by atoms with van der Waals surface area (Å²) in [5.41, 5.74) is 11.6. The Bertz CT molecular complexity index is 2800. The molecule has 0 fully saturated rings. The Hall–Kier alpha value is -6.44. The Morgan fingerprint density at radius 3 is 1.53 bits per heavy atom. The Morgan fingerprint density at radius 1 is 0.286 bits per heavy atom. The van der Waals surface area contributed by atoms with Crippen LogP contribution in [0.25, 0.3) is 98.8 Å². The highest BCUT2D eigenvalue weighted by Crippen LogP contribution is 2.47. The van der Waals surface area contributed by atoms with Crippen LogP contribution in [0.1, 0.15) is 0 Å². The molecule has 10 rings (SSSR count). The SMILES string of the molecule is c1ccc(-c2ccc(-c3ccccc3-c3c4ccccc4c(-c4ccc5c(c4)oc4ccc6ccccc6c45)c4ccccc34)cc2)cc1. The van der Waals surface area contributed by atoms with Crippen LogP contribution in [0.2, 0.25) is 0 Å². The average molecular weight is 623 g/mol. The molecule has 0 saturated heterocycles. The van der Waals surface area contributed by atoms with Gasteiger partial charge < -0.3 is 4.42 Å². The van der Waals surface area contributed by atoms with Crippen molar-refractivity contribution >= 4 is 54.3 Å².